The van der Waals surface area contributed by atoms with Gasteiger partial charge in [-0.1, -0.05) is 43.1 Å². The Labute approximate surface area is 153 Å². The standard InChI is InChI=1S/C20H25N3O3/c1-14-11-12-23(17-10-6-5-9-16(14)17)18(24)13-25-20-22-21-19(26-20)15-7-3-2-4-8-15/h2-4,7-8,14,16-17H,5-6,9-13H2,1H3. The van der Waals surface area contributed by atoms with Crippen molar-refractivity contribution in [3.63, 3.8) is 0 Å². The molecule has 2 heterocycles. The lowest BCUT2D eigenvalue weighted by atomic mass is 9.72. The van der Waals surface area contributed by atoms with E-state index in [0.29, 0.717) is 23.8 Å². The van der Waals surface area contributed by atoms with Crippen molar-refractivity contribution in [3.8, 4) is 17.5 Å². The minimum absolute atomic E-state index is 0.0215. The van der Waals surface area contributed by atoms with Crippen LogP contribution >= 0.6 is 0 Å². The topological polar surface area (TPSA) is 68.5 Å². The molecule has 2 aromatic rings. The normalized spacial score (nSPS) is 25.6. The average Bonchev–Trinajstić information content (AvgIpc) is 3.16. The van der Waals surface area contributed by atoms with Crippen molar-refractivity contribution in [1.29, 1.82) is 0 Å². The van der Waals surface area contributed by atoms with Gasteiger partial charge in [0.1, 0.15) is 0 Å². The molecule has 1 aromatic carbocycles. The molecule has 1 amide bonds. The van der Waals surface area contributed by atoms with Crippen molar-refractivity contribution in [1.82, 2.24) is 15.1 Å². The quantitative estimate of drug-likeness (QED) is 0.839. The highest BCUT2D eigenvalue weighted by atomic mass is 16.6. The van der Waals surface area contributed by atoms with E-state index in [2.05, 4.69) is 17.1 Å². The van der Waals surface area contributed by atoms with Crippen LogP contribution in [0.15, 0.2) is 34.7 Å². The molecule has 0 radical (unpaired) electrons. The van der Waals surface area contributed by atoms with E-state index < -0.39 is 0 Å². The number of ether oxygens (including phenoxy) is 1. The van der Waals surface area contributed by atoms with Crippen LogP contribution in [0, 0.1) is 11.8 Å². The second kappa shape index (κ2) is 7.48. The molecule has 0 N–H and O–H groups in total. The molecule has 0 spiro atoms. The van der Waals surface area contributed by atoms with E-state index in [4.69, 9.17) is 9.15 Å². The molecule has 26 heavy (non-hydrogen) atoms. The summed E-state index contributed by atoms with van der Waals surface area (Å²) in [4.78, 5) is 14.7. The molecule has 0 bridgehead atoms. The van der Waals surface area contributed by atoms with E-state index in [1.165, 1.54) is 19.3 Å². The number of piperidine rings is 1. The number of benzene rings is 1. The van der Waals surface area contributed by atoms with E-state index in [0.717, 1.165) is 24.9 Å². The third-order valence-corrected chi connectivity index (χ3v) is 5.80. The molecular weight excluding hydrogens is 330 g/mol. The van der Waals surface area contributed by atoms with Gasteiger partial charge in [0.15, 0.2) is 6.61 Å². The first-order valence-electron chi connectivity index (χ1n) is 9.53. The van der Waals surface area contributed by atoms with Gasteiger partial charge in [0, 0.05) is 18.2 Å². The number of nitrogens with zero attached hydrogens (tertiary/aromatic N) is 3. The van der Waals surface area contributed by atoms with E-state index >= 15 is 0 Å². The zero-order chi connectivity index (χ0) is 17.9. The molecule has 1 aliphatic carbocycles. The Kier molecular flexibility index (Phi) is 4.91. The molecule has 6 heteroatoms. The number of carbonyl (C=O) groups is 1. The first-order chi connectivity index (χ1) is 12.7. The summed E-state index contributed by atoms with van der Waals surface area (Å²) in [6.45, 7) is 3.10. The molecule has 1 aliphatic heterocycles. The first kappa shape index (κ1) is 17.1. The highest BCUT2D eigenvalue weighted by Gasteiger charge is 2.39. The molecule has 3 atom stereocenters. The van der Waals surface area contributed by atoms with Gasteiger partial charge in [-0.05, 0) is 43.2 Å². The molecule has 3 unspecified atom stereocenters. The van der Waals surface area contributed by atoms with E-state index in [1.807, 2.05) is 35.2 Å². The number of rotatable bonds is 4. The number of hydrogen-bond acceptors (Lipinski definition) is 5. The maximum atomic E-state index is 12.7. The summed E-state index contributed by atoms with van der Waals surface area (Å²) in [6.07, 6.45) is 5.96. The maximum Gasteiger partial charge on any atom is 0.415 e. The van der Waals surface area contributed by atoms with Gasteiger partial charge >= 0.3 is 6.08 Å². The minimum Gasteiger partial charge on any atom is -0.439 e. The summed E-state index contributed by atoms with van der Waals surface area (Å²) in [6, 6.07) is 9.88. The molecule has 2 aliphatic rings. The van der Waals surface area contributed by atoms with Gasteiger partial charge in [-0.15, -0.1) is 5.10 Å². The van der Waals surface area contributed by atoms with Crippen molar-refractivity contribution in [2.45, 2.75) is 45.1 Å². The van der Waals surface area contributed by atoms with Crippen molar-refractivity contribution in [2.24, 2.45) is 11.8 Å². The van der Waals surface area contributed by atoms with Gasteiger partial charge in [0.25, 0.3) is 11.8 Å². The van der Waals surface area contributed by atoms with Crippen LogP contribution < -0.4 is 4.74 Å². The van der Waals surface area contributed by atoms with Crippen LogP contribution in [0.3, 0.4) is 0 Å². The van der Waals surface area contributed by atoms with Crippen LogP contribution in [0.5, 0.6) is 6.08 Å². The summed E-state index contributed by atoms with van der Waals surface area (Å²) in [5.74, 6) is 1.75. The van der Waals surface area contributed by atoms with Crippen molar-refractivity contribution < 1.29 is 13.9 Å². The van der Waals surface area contributed by atoms with Crippen LogP contribution in [-0.4, -0.2) is 40.2 Å². The lowest BCUT2D eigenvalue weighted by molar-refractivity contribution is -0.141. The van der Waals surface area contributed by atoms with Crippen LogP contribution in [0.4, 0.5) is 0 Å². The van der Waals surface area contributed by atoms with E-state index in [1.54, 1.807) is 0 Å². The SMILES string of the molecule is CC1CCN(C(=O)COc2nnc(-c3ccccc3)o2)C2CCCCC12. The zero-order valence-corrected chi connectivity index (χ0v) is 15.1. The monoisotopic (exact) mass is 355 g/mol. The maximum absolute atomic E-state index is 12.7. The molecule has 138 valence electrons. The molecule has 4 rings (SSSR count). The Morgan fingerprint density at radius 3 is 2.85 bits per heavy atom. The third kappa shape index (κ3) is 3.45. The Hall–Kier alpha value is -2.37. The largest absolute Gasteiger partial charge is 0.439 e. The molecule has 1 saturated heterocycles. The highest BCUT2D eigenvalue weighted by molar-refractivity contribution is 5.78. The molecule has 1 aromatic heterocycles. The van der Waals surface area contributed by atoms with Gasteiger partial charge in [-0.3, -0.25) is 4.79 Å². The number of hydrogen-bond donors (Lipinski definition) is 0. The lowest BCUT2D eigenvalue weighted by Gasteiger charge is -2.47. The fraction of sp³-hybridized carbons (Fsp3) is 0.550. The van der Waals surface area contributed by atoms with Gasteiger partial charge in [-0.2, -0.15) is 0 Å². The predicted molar refractivity (Wildman–Crippen MR) is 96.5 cm³/mol. The van der Waals surface area contributed by atoms with Crippen LogP contribution in [0.2, 0.25) is 0 Å². The number of likely N-dealkylation sites (tertiary alicyclic amines) is 1. The zero-order valence-electron chi connectivity index (χ0n) is 15.1. The Balaban J connectivity index is 1.37. The van der Waals surface area contributed by atoms with Gasteiger partial charge in [-0.25, -0.2) is 0 Å². The Bertz CT molecular complexity index is 746. The number of aromatic nitrogens is 2. The number of fused-ring (bicyclic) bond motifs is 1. The third-order valence-electron chi connectivity index (χ3n) is 5.80. The minimum atomic E-state index is -0.0476. The van der Waals surface area contributed by atoms with Gasteiger partial charge < -0.3 is 14.1 Å². The van der Waals surface area contributed by atoms with Gasteiger partial charge in [0.2, 0.25) is 0 Å². The first-order valence-corrected chi connectivity index (χ1v) is 9.53. The highest BCUT2D eigenvalue weighted by Crippen LogP contribution is 2.38. The average molecular weight is 355 g/mol. The van der Waals surface area contributed by atoms with Crippen LogP contribution in [0.1, 0.15) is 39.0 Å². The lowest BCUT2D eigenvalue weighted by Crippen LogP contribution is -2.53. The number of carbonyl (C=O) groups excluding carboxylic acids is 1. The van der Waals surface area contributed by atoms with Crippen LogP contribution in [-0.2, 0) is 4.79 Å². The smallest absolute Gasteiger partial charge is 0.415 e. The van der Waals surface area contributed by atoms with Crippen molar-refractivity contribution in [2.75, 3.05) is 13.2 Å². The van der Waals surface area contributed by atoms with Crippen molar-refractivity contribution in [3.05, 3.63) is 30.3 Å². The fourth-order valence-electron chi connectivity index (χ4n) is 4.39. The van der Waals surface area contributed by atoms with Crippen molar-refractivity contribution >= 4 is 5.91 Å². The Morgan fingerprint density at radius 2 is 2.00 bits per heavy atom. The van der Waals surface area contributed by atoms with Crippen LogP contribution in [0.25, 0.3) is 11.5 Å². The van der Waals surface area contributed by atoms with E-state index in [-0.39, 0.29) is 18.6 Å². The second-order valence-electron chi connectivity index (χ2n) is 7.40. The fourth-order valence-corrected chi connectivity index (χ4v) is 4.39. The second-order valence-corrected chi connectivity index (χ2v) is 7.40. The number of amides is 1. The summed E-state index contributed by atoms with van der Waals surface area (Å²) in [5, 5.41) is 7.88. The summed E-state index contributed by atoms with van der Waals surface area (Å²) < 4.78 is 11.0. The predicted octanol–water partition coefficient (Wildman–Crippen LogP) is 3.54. The Morgan fingerprint density at radius 1 is 1.19 bits per heavy atom. The summed E-state index contributed by atoms with van der Waals surface area (Å²) in [5.41, 5.74) is 0.830. The van der Waals surface area contributed by atoms with E-state index in [9.17, 15) is 4.79 Å². The van der Waals surface area contributed by atoms with Gasteiger partial charge in [0.05, 0.1) is 0 Å². The summed E-state index contributed by atoms with van der Waals surface area (Å²) >= 11 is 0. The molecule has 1 saturated carbocycles. The molecular formula is C20H25N3O3. The summed E-state index contributed by atoms with van der Waals surface area (Å²) in [7, 11) is 0. The molecule has 6 nitrogen and oxygen atoms in total. The molecule has 2 fully saturated rings.